The Morgan fingerprint density at radius 3 is 2.41 bits per heavy atom. The second-order valence-electron chi connectivity index (χ2n) is 8.75. The lowest BCUT2D eigenvalue weighted by atomic mass is 10.1. The molecule has 3 aromatic carbocycles. The van der Waals surface area contributed by atoms with Crippen molar-refractivity contribution >= 4 is 29.1 Å². The van der Waals surface area contributed by atoms with E-state index in [0.717, 1.165) is 28.1 Å². The van der Waals surface area contributed by atoms with Crippen LogP contribution in [0.3, 0.4) is 0 Å². The number of nitrogens with one attached hydrogen (secondary N) is 2. The second-order valence-corrected chi connectivity index (χ2v) is 8.75. The van der Waals surface area contributed by atoms with Gasteiger partial charge in [-0.25, -0.2) is 4.79 Å². The number of benzene rings is 3. The van der Waals surface area contributed by atoms with Crippen molar-refractivity contribution in [2.75, 3.05) is 29.1 Å². The van der Waals surface area contributed by atoms with Crippen molar-refractivity contribution in [1.82, 2.24) is 4.57 Å². The Kier molecular flexibility index (Phi) is 7.68. The number of carbonyl (C=O) groups excluding carboxylic acids is 1. The van der Waals surface area contributed by atoms with Gasteiger partial charge >= 0.3 is 12.0 Å². The summed E-state index contributed by atoms with van der Waals surface area (Å²) in [5.74, 6) is -0.912. The maximum Gasteiger partial charge on any atom is 0.323 e. The third-order valence-electron chi connectivity index (χ3n) is 5.94. The molecule has 0 radical (unpaired) electrons. The molecular formula is C29H28N4O4. The first-order chi connectivity index (χ1) is 17.8. The van der Waals surface area contributed by atoms with E-state index in [2.05, 4.69) is 10.6 Å². The third kappa shape index (κ3) is 6.43. The third-order valence-corrected chi connectivity index (χ3v) is 5.94. The molecule has 4 rings (SSSR count). The molecular weight excluding hydrogens is 468 g/mol. The van der Waals surface area contributed by atoms with Gasteiger partial charge in [-0.1, -0.05) is 42.5 Å². The summed E-state index contributed by atoms with van der Waals surface area (Å²) in [7, 11) is 1.71. The number of aliphatic carboxylic acids is 1. The zero-order valence-corrected chi connectivity index (χ0v) is 20.6. The summed E-state index contributed by atoms with van der Waals surface area (Å²) in [6, 6.07) is 25.3. The van der Waals surface area contributed by atoms with Crippen molar-refractivity contribution in [3.8, 4) is 11.1 Å². The lowest BCUT2D eigenvalue weighted by molar-refractivity contribution is -0.135. The van der Waals surface area contributed by atoms with E-state index in [1.165, 1.54) is 0 Å². The number of urea groups is 1. The Morgan fingerprint density at radius 1 is 0.919 bits per heavy atom. The van der Waals surface area contributed by atoms with Crippen LogP contribution >= 0.6 is 0 Å². The van der Waals surface area contributed by atoms with Crippen molar-refractivity contribution < 1.29 is 14.7 Å². The van der Waals surface area contributed by atoms with Gasteiger partial charge in [0, 0.05) is 35.9 Å². The average molecular weight is 497 g/mol. The highest BCUT2D eigenvalue weighted by Crippen LogP contribution is 2.20. The van der Waals surface area contributed by atoms with Crippen LogP contribution in [-0.2, 0) is 11.3 Å². The van der Waals surface area contributed by atoms with E-state index in [9.17, 15) is 14.4 Å². The Labute approximate surface area is 214 Å². The normalized spacial score (nSPS) is 10.5. The van der Waals surface area contributed by atoms with Crippen molar-refractivity contribution in [3.05, 3.63) is 113 Å². The van der Waals surface area contributed by atoms with E-state index in [4.69, 9.17) is 5.11 Å². The van der Waals surface area contributed by atoms with Gasteiger partial charge in [0.05, 0.1) is 6.54 Å². The molecule has 0 unspecified atom stereocenters. The number of carbonyl (C=O) groups is 2. The molecule has 0 spiro atoms. The molecule has 0 saturated carbocycles. The molecule has 4 aromatic rings. The molecule has 0 fully saturated rings. The molecule has 3 N–H and O–H groups in total. The van der Waals surface area contributed by atoms with Gasteiger partial charge in [-0.15, -0.1) is 0 Å². The lowest BCUT2D eigenvalue weighted by Crippen LogP contribution is -2.25. The number of likely N-dealkylation sites (N-methyl/N-ethyl adjacent to an activating group) is 1. The predicted octanol–water partition coefficient (Wildman–Crippen LogP) is 5.04. The summed E-state index contributed by atoms with van der Waals surface area (Å²) in [5, 5.41) is 14.7. The van der Waals surface area contributed by atoms with Gasteiger partial charge in [0.15, 0.2) is 0 Å². The minimum atomic E-state index is -0.912. The van der Waals surface area contributed by atoms with Gasteiger partial charge < -0.3 is 25.2 Å². The van der Waals surface area contributed by atoms with Crippen LogP contribution in [0.4, 0.5) is 21.9 Å². The van der Waals surface area contributed by atoms with Crippen LogP contribution in [0.2, 0.25) is 0 Å². The molecule has 0 aliphatic heterocycles. The molecule has 1 aromatic heterocycles. The Morgan fingerprint density at radius 2 is 1.68 bits per heavy atom. The number of amides is 2. The number of pyridine rings is 1. The van der Waals surface area contributed by atoms with E-state index in [1.54, 1.807) is 53.0 Å². The summed E-state index contributed by atoms with van der Waals surface area (Å²) in [6.07, 6.45) is 1.73. The lowest BCUT2D eigenvalue weighted by Gasteiger charge is -2.18. The van der Waals surface area contributed by atoms with Crippen LogP contribution in [-0.4, -0.2) is 35.3 Å². The maximum atomic E-state index is 13.2. The number of carboxylic acids is 1. The SMILES string of the molecule is Cc1ccccc1NC(=O)Nc1ccc(-c2cccn(Cc3cccc(N(C)CC(=O)O)c3)c2=O)cc1. The molecule has 1 heterocycles. The number of carboxylic acid groups (broad SMARTS) is 1. The topological polar surface area (TPSA) is 104 Å². The highest BCUT2D eigenvalue weighted by Gasteiger charge is 2.10. The van der Waals surface area contributed by atoms with Gasteiger partial charge in [-0.05, 0) is 66.1 Å². The van der Waals surface area contributed by atoms with Crippen molar-refractivity contribution in [3.63, 3.8) is 0 Å². The molecule has 37 heavy (non-hydrogen) atoms. The first kappa shape index (κ1) is 25.2. The Balaban J connectivity index is 1.47. The van der Waals surface area contributed by atoms with Gasteiger partial charge in [0.25, 0.3) is 5.56 Å². The monoisotopic (exact) mass is 496 g/mol. The zero-order chi connectivity index (χ0) is 26.4. The first-order valence-corrected chi connectivity index (χ1v) is 11.8. The summed E-state index contributed by atoms with van der Waals surface area (Å²) in [4.78, 5) is 38.3. The molecule has 0 bridgehead atoms. The van der Waals surface area contributed by atoms with E-state index in [-0.39, 0.29) is 18.1 Å². The molecule has 2 amide bonds. The fraction of sp³-hybridized carbons (Fsp3) is 0.138. The maximum absolute atomic E-state index is 13.2. The predicted molar refractivity (Wildman–Crippen MR) is 146 cm³/mol. The van der Waals surface area contributed by atoms with E-state index in [0.29, 0.717) is 17.8 Å². The number of hydrogen-bond acceptors (Lipinski definition) is 4. The van der Waals surface area contributed by atoms with E-state index >= 15 is 0 Å². The van der Waals surface area contributed by atoms with Crippen LogP contribution in [0.15, 0.2) is 95.9 Å². The van der Waals surface area contributed by atoms with Crippen molar-refractivity contribution in [2.24, 2.45) is 0 Å². The van der Waals surface area contributed by atoms with Gasteiger partial charge in [0.1, 0.15) is 6.54 Å². The zero-order valence-electron chi connectivity index (χ0n) is 20.6. The molecule has 0 saturated heterocycles. The van der Waals surface area contributed by atoms with E-state index in [1.807, 2.05) is 61.5 Å². The van der Waals surface area contributed by atoms with Crippen molar-refractivity contribution in [2.45, 2.75) is 13.5 Å². The molecule has 0 atom stereocenters. The van der Waals surface area contributed by atoms with Crippen LogP contribution in [0.1, 0.15) is 11.1 Å². The van der Waals surface area contributed by atoms with Gasteiger partial charge in [-0.2, -0.15) is 0 Å². The quantitative estimate of drug-likeness (QED) is 0.317. The largest absolute Gasteiger partial charge is 0.480 e. The smallest absolute Gasteiger partial charge is 0.323 e. The van der Waals surface area contributed by atoms with Gasteiger partial charge in [0.2, 0.25) is 0 Å². The molecule has 0 aliphatic carbocycles. The fourth-order valence-corrected chi connectivity index (χ4v) is 4.00. The number of para-hydroxylation sites is 1. The van der Waals surface area contributed by atoms with Crippen LogP contribution in [0.5, 0.6) is 0 Å². The highest BCUT2D eigenvalue weighted by molar-refractivity contribution is 6.00. The van der Waals surface area contributed by atoms with Crippen LogP contribution < -0.4 is 21.1 Å². The average Bonchev–Trinajstić information content (AvgIpc) is 2.87. The first-order valence-electron chi connectivity index (χ1n) is 11.8. The summed E-state index contributed by atoms with van der Waals surface area (Å²) in [6.45, 7) is 2.16. The Hall–Kier alpha value is -4.85. The number of nitrogens with zero attached hydrogens (tertiary/aromatic N) is 2. The number of rotatable bonds is 8. The molecule has 0 aliphatic rings. The second kappa shape index (κ2) is 11.3. The standard InChI is InChI=1S/C29H28N4O4/c1-20-7-3-4-11-26(20)31-29(37)30-23-14-12-22(13-15-23)25-10-6-16-33(28(25)36)18-21-8-5-9-24(17-21)32(2)19-27(34)35/h3-17H,18-19H2,1-2H3,(H,34,35)(H2,30,31,37). The van der Waals surface area contributed by atoms with Crippen LogP contribution in [0.25, 0.3) is 11.1 Å². The minimum Gasteiger partial charge on any atom is -0.480 e. The number of aryl methyl sites for hydroxylation is 1. The molecule has 8 nitrogen and oxygen atoms in total. The fourth-order valence-electron chi connectivity index (χ4n) is 4.00. The van der Waals surface area contributed by atoms with E-state index < -0.39 is 5.97 Å². The van der Waals surface area contributed by atoms with Crippen LogP contribution in [0, 0.1) is 6.92 Å². The Bertz CT molecular complexity index is 1480. The molecule has 8 heteroatoms. The van der Waals surface area contributed by atoms with Gasteiger partial charge in [-0.3, -0.25) is 9.59 Å². The summed E-state index contributed by atoms with van der Waals surface area (Å²) >= 11 is 0. The van der Waals surface area contributed by atoms with Crippen molar-refractivity contribution in [1.29, 1.82) is 0 Å². The number of aromatic nitrogens is 1. The molecule has 188 valence electrons. The summed E-state index contributed by atoms with van der Waals surface area (Å²) in [5.41, 5.74) is 5.08. The minimum absolute atomic E-state index is 0.114. The highest BCUT2D eigenvalue weighted by atomic mass is 16.4. The number of hydrogen-bond donors (Lipinski definition) is 3. The number of anilines is 3. The summed E-state index contributed by atoms with van der Waals surface area (Å²) < 4.78 is 1.62.